The second-order valence-electron chi connectivity index (χ2n) is 7.52. The lowest BCUT2D eigenvalue weighted by molar-refractivity contribution is -0.149. The average molecular weight is 361 g/mol. The standard InChI is InChI=1S/C20H27NO5/c1-25-19(23)20(12-17(20)18(22)21-24)11-14-7-9-16(10-8-14)26-13-15-5-3-2-4-6-15/h7-10,15,17,24H,2-6,11-13H2,1H3,(H,21,22). The molecule has 0 aliphatic heterocycles. The Balaban J connectivity index is 1.59. The zero-order chi connectivity index (χ0) is 18.6. The lowest BCUT2D eigenvalue weighted by Crippen LogP contribution is -2.30. The van der Waals surface area contributed by atoms with Gasteiger partial charge in [-0.1, -0.05) is 31.4 Å². The number of carbonyl (C=O) groups is 2. The first-order chi connectivity index (χ1) is 12.6. The molecule has 0 aromatic heterocycles. The van der Waals surface area contributed by atoms with Crippen LogP contribution in [0.2, 0.25) is 0 Å². The minimum absolute atomic E-state index is 0.381. The molecule has 6 nitrogen and oxygen atoms in total. The van der Waals surface area contributed by atoms with Crippen LogP contribution in [0.3, 0.4) is 0 Å². The van der Waals surface area contributed by atoms with Crippen LogP contribution < -0.4 is 10.2 Å². The van der Waals surface area contributed by atoms with Gasteiger partial charge in [0.25, 0.3) is 0 Å². The lowest BCUT2D eigenvalue weighted by Gasteiger charge is -2.21. The summed E-state index contributed by atoms with van der Waals surface area (Å²) in [6.07, 6.45) is 7.20. The van der Waals surface area contributed by atoms with Crippen LogP contribution in [0.15, 0.2) is 24.3 Å². The molecular formula is C20H27NO5. The zero-order valence-corrected chi connectivity index (χ0v) is 15.2. The number of carbonyl (C=O) groups excluding carboxylic acids is 2. The highest BCUT2D eigenvalue weighted by molar-refractivity contribution is 5.93. The van der Waals surface area contributed by atoms with Crippen molar-refractivity contribution < 1.29 is 24.3 Å². The zero-order valence-electron chi connectivity index (χ0n) is 15.2. The van der Waals surface area contributed by atoms with Crippen LogP contribution in [-0.4, -0.2) is 30.8 Å². The molecule has 3 rings (SSSR count). The number of hydrogen-bond donors (Lipinski definition) is 2. The molecule has 0 bridgehead atoms. The molecule has 1 aromatic rings. The molecule has 6 heteroatoms. The number of nitrogens with one attached hydrogen (secondary N) is 1. The topological polar surface area (TPSA) is 84.9 Å². The van der Waals surface area contributed by atoms with Crippen LogP contribution in [0.4, 0.5) is 0 Å². The quantitative estimate of drug-likeness (QED) is 0.443. The molecule has 1 aromatic carbocycles. The highest BCUT2D eigenvalue weighted by atomic mass is 16.5. The molecule has 2 unspecified atom stereocenters. The van der Waals surface area contributed by atoms with Gasteiger partial charge in [0, 0.05) is 0 Å². The van der Waals surface area contributed by atoms with E-state index in [1.807, 2.05) is 24.3 Å². The van der Waals surface area contributed by atoms with Gasteiger partial charge in [-0.2, -0.15) is 0 Å². The molecule has 2 saturated carbocycles. The van der Waals surface area contributed by atoms with Gasteiger partial charge in [-0.3, -0.25) is 14.8 Å². The Hall–Kier alpha value is -2.08. The summed E-state index contributed by atoms with van der Waals surface area (Å²) in [4.78, 5) is 23.9. The first-order valence-electron chi connectivity index (χ1n) is 9.33. The normalized spacial score (nSPS) is 25.4. The number of rotatable bonds is 7. The third kappa shape index (κ3) is 4.01. The molecule has 0 radical (unpaired) electrons. The second kappa shape index (κ2) is 8.08. The Morgan fingerprint density at radius 1 is 1.19 bits per heavy atom. The predicted molar refractivity (Wildman–Crippen MR) is 94.7 cm³/mol. The van der Waals surface area contributed by atoms with Crippen LogP contribution in [0.5, 0.6) is 5.75 Å². The van der Waals surface area contributed by atoms with E-state index < -0.39 is 23.2 Å². The fourth-order valence-electron chi connectivity index (χ4n) is 4.06. The van der Waals surface area contributed by atoms with Crippen molar-refractivity contribution in [3.63, 3.8) is 0 Å². The van der Waals surface area contributed by atoms with Crippen LogP contribution in [0.25, 0.3) is 0 Å². The Kier molecular flexibility index (Phi) is 5.81. The van der Waals surface area contributed by atoms with Gasteiger partial charge >= 0.3 is 5.97 Å². The van der Waals surface area contributed by atoms with Gasteiger partial charge in [-0.15, -0.1) is 0 Å². The van der Waals surface area contributed by atoms with E-state index in [1.165, 1.54) is 39.2 Å². The molecular weight excluding hydrogens is 334 g/mol. The van der Waals surface area contributed by atoms with Crippen LogP contribution in [0, 0.1) is 17.3 Å². The number of esters is 1. The van der Waals surface area contributed by atoms with E-state index in [0.717, 1.165) is 17.9 Å². The first-order valence-corrected chi connectivity index (χ1v) is 9.33. The second-order valence-corrected chi connectivity index (χ2v) is 7.52. The summed E-state index contributed by atoms with van der Waals surface area (Å²) in [5, 5.41) is 8.83. The highest BCUT2D eigenvalue weighted by Gasteiger charge is 2.64. The summed E-state index contributed by atoms with van der Waals surface area (Å²) in [7, 11) is 1.32. The summed E-state index contributed by atoms with van der Waals surface area (Å²) in [5.41, 5.74) is 1.69. The maximum atomic E-state index is 12.2. The van der Waals surface area contributed by atoms with Gasteiger partial charge in [0.05, 0.1) is 25.0 Å². The summed E-state index contributed by atoms with van der Waals surface area (Å²) >= 11 is 0. The first kappa shape index (κ1) is 18.7. The van der Waals surface area contributed by atoms with Gasteiger partial charge in [0.1, 0.15) is 5.75 Å². The third-order valence-electron chi connectivity index (χ3n) is 5.75. The molecule has 1 amide bonds. The minimum atomic E-state index is -0.883. The van der Waals surface area contributed by atoms with Gasteiger partial charge in [0.15, 0.2) is 0 Å². The van der Waals surface area contributed by atoms with Gasteiger partial charge in [-0.25, -0.2) is 5.48 Å². The third-order valence-corrected chi connectivity index (χ3v) is 5.75. The van der Waals surface area contributed by atoms with Crippen molar-refractivity contribution in [2.75, 3.05) is 13.7 Å². The summed E-state index contributed by atoms with van der Waals surface area (Å²) in [6.45, 7) is 0.754. The van der Waals surface area contributed by atoms with E-state index in [4.69, 9.17) is 14.7 Å². The molecule has 0 spiro atoms. The molecule has 2 aliphatic rings. The number of ether oxygens (including phenoxy) is 2. The molecule has 2 N–H and O–H groups in total. The Morgan fingerprint density at radius 2 is 1.88 bits per heavy atom. The van der Waals surface area contributed by atoms with Crippen LogP contribution in [-0.2, 0) is 20.7 Å². The van der Waals surface area contributed by atoms with Crippen molar-refractivity contribution in [2.45, 2.75) is 44.9 Å². The fraction of sp³-hybridized carbons (Fsp3) is 0.600. The molecule has 26 heavy (non-hydrogen) atoms. The van der Waals surface area contributed by atoms with Gasteiger partial charge < -0.3 is 9.47 Å². The molecule has 0 saturated heterocycles. The van der Waals surface area contributed by atoms with Crippen molar-refractivity contribution in [1.29, 1.82) is 0 Å². The monoisotopic (exact) mass is 361 g/mol. The SMILES string of the molecule is COC(=O)C1(Cc2ccc(OCC3CCCCC3)cc2)CC1C(=O)NO. The molecule has 2 atom stereocenters. The number of amides is 1. The highest BCUT2D eigenvalue weighted by Crippen LogP contribution is 2.55. The largest absolute Gasteiger partial charge is 0.493 e. The van der Waals surface area contributed by atoms with Crippen LogP contribution >= 0.6 is 0 Å². The average Bonchev–Trinajstić information content (AvgIpc) is 3.42. The van der Waals surface area contributed by atoms with Crippen molar-refractivity contribution in [3.05, 3.63) is 29.8 Å². The van der Waals surface area contributed by atoms with E-state index in [-0.39, 0.29) is 0 Å². The number of methoxy groups -OCH3 is 1. The minimum Gasteiger partial charge on any atom is -0.493 e. The van der Waals surface area contributed by atoms with Crippen LogP contribution in [0.1, 0.15) is 44.1 Å². The van der Waals surface area contributed by atoms with Gasteiger partial charge in [-0.05, 0) is 49.3 Å². The number of hydroxylamine groups is 1. The molecule has 2 fully saturated rings. The van der Waals surface area contributed by atoms with E-state index in [2.05, 4.69) is 0 Å². The van der Waals surface area contributed by atoms with Crippen molar-refractivity contribution in [2.24, 2.45) is 17.3 Å². The van der Waals surface area contributed by atoms with Crippen molar-refractivity contribution in [3.8, 4) is 5.75 Å². The van der Waals surface area contributed by atoms with E-state index >= 15 is 0 Å². The Bertz CT molecular complexity index is 638. The number of benzene rings is 1. The van der Waals surface area contributed by atoms with Gasteiger partial charge in [0.2, 0.25) is 5.91 Å². The Morgan fingerprint density at radius 3 is 2.50 bits per heavy atom. The predicted octanol–water partition coefficient (Wildman–Crippen LogP) is 2.87. The molecule has 2 aliphatic carbocycles. The van der Waals surface area contributed by atoms with Crippen molar-refractivity contribution in [1.82, 2.24) is 5.48 Å². The van der Waals surface area contributed by atoms with E-state index in [1.54, 1.807) is 5.48 Å². The van der Waals surface area contributed by atoms with E-state index in [9.17, 15) is 9.59 Å². The molecule has 0 heterocycles. The lowest BCUT2D eigenvalue weighted by atomic mass is 9.90. The summed E-state index contributed by atoms with van der Waals surface area (Å²) in [5.74, 6) is -0.0316. The maximum absolute atomic E-state index is 12.2. The smallest absolute Gasteiger partial charge is 0.312 e. The van der Waals surface area contributed by atoms with Crippen molar-refractivity contribution >= 4 is 11.9 Å². The summed E-state index contributed by atoms with van der Waals surface area (Å²) in [6, 6.07) is 7.67. The molecule has 142 valence electrons. The maximum Gasteiger partial charge on any atom is 0.312 e. The fourth-order valence-corrected chi connectivity index (χ4v) is 4.06. The number of hydrogen-bond acceptors (Lipinski definition) is 5. The summed E-state index contributed by atoms with van der Waals surface area (Å²) < 4.78 is 10.8. The Labute approximate surface area is 153 Å². The van der Waals surface area contributed by atoms with E-state index in [0.29, 0.717) is 18.8 Å².